The number of aromatic nitrogens is 2. The van der Waals surface area contributed by atoms with Crippen molar-refractivity contribution in [2.45, 2.75) is 13.3 Å². The molecule has 19 heavy (non-hydrogen) atoms. The van der Waals surface area contributed by atoms with E-state index in [2.05, 4.69) is 15.3 Å². The second-order valence-corrected chi connectivity index (χ2v) is 4.90. The molecule has 0 spiro atoms. The van der Waals surface area contributed by atoms with Crippen LogP contribution >= 0.6 is 34.8 Å². The number of halogens is 4. The van der Waals surface area contributed by atoms with Crippen LogP contribution in [0.2, 0.25) is 15.2 Å². The first-order valence-corrected chi connectivity index (χ1v) is 6.57. The van der Waals surface area contributed by atoms with Crippen LogP contribution < -0.4 is 5.32 Å². The minimum atomic E-state index is -0.648. The molecule has 1 aromatic carbocycles. The van der Waals surface area contributed by atoms with Crippen molar-refractivity contribution in [3.63, 3.8) is 0 Å². The van der Waals surface area contributed by atoms with Crippen LogP contribution in [0.3, 0.4) is 0 Å². The highest BCUT2D eigenvalue weighted by Crippen LogP contribution is 2.30. The van der Waals surface area contributed by atoms with E-state index in [1.807, 2.05) is 6.92 Å². The highest BCUT2D eigenvalue weighted by atomic mass is 35.5. The summed E-state index contributed by atoms with van der Waals surface area (Å²) in [7, 11) is 0. The van der Waals surface area contributed by atoms with Crippen LogP contribution in [-0.4, -0.2) is 9.97 Å². The summed E-state index contributed by atoms with van der Waals surface area (Å²) in [5.41, 5.74) is 1.29. The van der Waals surface area contributed by atoms with Crippen LogP contribution in [0.25, 0.3) is 0 Å². The van der Waals surface area contributed by atoms with Crippen LogP contribution in [0.1, 0.15) is 12.5 Å². The quantitative estimate of drug-likeness (QED) is 0.647. The first-order valence-electron chi connectivity index (χ1n) is 5.43. The predicted octanol–water partition coefficient (Wildman–Crippen LogP) is 4.88. The Hall–Kier alpha value is -1.10. The first kappa shape index (κ1) is 14.3. The number of anilines is 2. The van der Waals surface area contributed by atoms with E-state index >= 15 is 0 Å². The van der Waals surface area contributed by atoms with Crippen LogP contribution in [0.5, 0.6) is 0 Å². The van der Waals surface area contributed by atoms with E-state index in [1.165, 1.54) is 18.5 Å². The Balaban J connectivity index is 2.39. The van der Waals surface area contributed by atoms with Crippen molar-refractivity contribution < 1.29 is 4.39 Å². The SMILES string of the molecule is CCc1c(Cl)ncnc1Nc1cc(Cl)c(F)c(Cl)c1. The van der Waals surface area contributed by atoms with Gasteiger partial charge in [0.2, 0.25) is 0 Å². The molecule has 0 saturated carbocycles. The summed E-state index contributed by atoms with van der Waals surface area (Å²) in [6, 6.07) is 2.86. The van der Waals surface area contributed by atoms with Crippen molar-refractivity contribution in [3.8, 4) is 0 Å². The van der Waals surface area contributed by atoms with Gasteiger partial charge in [0.25, 0.3) is 0 Å². The maximum Gasteiger partial charge on any atom is 0.160 e. The molecule has 1 aromatic heterocycles. The number of hydrogen-bond acceptors (Lipinski definition) is 3. The summed E-state index contributed by atoms with van der Waals surface area (Å²) >= 11 is 17.4. The lowest BCUT2D eigenvalue weighted by atomic mass is 10.2. The van der Waals surface area contributed by atoms with Crippen molar-refractivity contribution >= 4 is 46.3 Å². The zero-order chi connectivity index (χ0) is 14.0. The molecule has 2 aromatic rings. The lowest BCUT2D eigenvalue weighted by Gasteiger charge is -2.11. The van der Waals surface area contributed by atoms with Crippen molar-refractivity contribution in [2.75, 3.05) is 5.32 Å². The Morgan fingerprint density at radius 3 is 2.37 bits per heavy atom. The molecule has 0 aliphatic heterocycles. The van der Waals surface area contributed by atoms with E-state index in [9.17, 15) is 4.39 Å². The molecule has 100 valence electrons. The number of nitrogens with one attached hydrogen (secondary N) is 1. The molecule has 1 N–H and O–H groups in total. The maximum atomic E-state index is 13.3. The molecule has 0 atom stereocenters. The lowest BCUT2D eigenvalue weighted by Crippen LogP contribution is -2.01. The second kappa shape index (κ2) is 5.90. The van der Waals surface area contributed by atoms with E-state index in [-0.39, 0.29) is 10.0 Å². The van der Waals surface area contributed by atoms with Gasteiger partial charge in [-0.05, 0) is 18.6 Å². The minimum Gasteiger partial charge on any atom is -0.340 e. The summed E-state index contributed by atoms with van der Waals surface area (Å²) < 4.78 is 13.3. The fourth-order valence-corrected chi connectivity index (χ4v) is 2.33. The molecule has 7 heteroatoms. The van der Waals surface area contributed by atoms with Gasteiger partial charge in [0.05, 0.1) is 10.0 Å². The summed E-state index contributed by atoms with van der Waals surface area (Å²) in [4.78, 5) is 8.00. The summed E-state index contributed by atoms with van der Waals surface area (Å²) in [5.74, 6) is -0.105. The molecular weight excluding hydrogens is 312 g/mol. The van der Waals surface area contributed by atoms with E-state index in [0.717, 1.165) is 5.56 Å². The molecule has 0 aliphatic rings. The van der Waals surface area contributed by atoms with Gasteiger partial charge in [0, 0.05) is 11.3 Å². The summed E-state index contributed by atoms with van der Waals surface area (Å²) in [6.45, 7) is 1.93. The zero-order valence-corrected chi connectivity index (χ0v) is 12.1. The largest absolute Gasteiger partial charge is 0.340 e. The Kier molecular flexibility index (Phi) is 4.45. The molecule has 0 amide bonds. The normalized spacial score (nSPS) is 10.6. The zero-order valence-electron chi connectivity index (χ0n) is 9.85. The third kappa shape index (κ3) is 3.08. The molecule has 3 nitrogen and oxygen atoms in total. The van der Waals surface area contributed by atoms with Crippen molar-refractivity contribution in [3.05, 3.63) is 45.0 Å². The molecule has 0 bridgehead atoms. The molecular formula is C12H9Cl3FN3. The van der Waals surface area contributed by atoms with Crippen LogP contribution in [0, 0.1) is 5.82 Å². The maximum absolute atomic E-state index is 13.3. The number of nitrogens with zero attached hydrogens (tertiary/aromatic N) is 2. The van der Waals surface area contributed by atoms with Gasteiger partial charge < -0.3 is 5.32 Å². The minimum absolute atomic E-state index is 0.0619. The molecule has 0 fully saturated rings. The van der Waals surface area contributed by atoms with Crippen LogP contribution in [0.15, 0.2) is 18.5 Å². The van der Waals surface area contributed by atoms with Gasteiger partial charge in [-0.1, -0.05) is 41.7 Å². The van der Waals surface area contributed by atoms with E-state index < -0.39 is 5.82 Å². The van der Waals surface area contributed by atoms with Gasteiger partial charge in [-0.2, -0.15) is 0 Å². The predicted molar refractivity (Wildman–Crippen MR) is 76.1 cm³/mol. The highest BCUT2D eigenvalue weighted by molar-refractivity contribution is 6.35. The summed E-state index contributed by atoms with van der Waals surface area (Å²) in [6.07, 6.45) is 2.00. The molecule has 2 rings (SSSR count). The number of hydrogen-bond donors (Lipinski definition) is 1. The smallest absolute Gasteiger partial charge is 0.160 e. The fourth-order valence-electron chi connectivity index (χ4n) is 1.58. The van der Waals surface area contributed by atoms with E-state index in [1.54, 1.807) is 0 Å². The lowest BCUT2D eigenvalue weighted by molar-refractivity contribution is 0.629. The van der Waals surface area contributed by atoms with Gasteiger partial charge in [-0.25, -0.2) is 14.4 Å². The van der Waals surface area contributed by atoms with Gasteiger partial charge in [-0.15, -0.1) is 0 Å². The second-order valence-electron chi connectivity index (χ2n) is 3.72. The Morgan fingerprint density at radius 1 is 1.16 bits per heavy atom. The topological polar surface area (TPSA) is 37.8 Å². The van der Waals surface area contributed by atoms with Gasteiger partial charge in [0.15, 0.2) is 5.82 Å². The van der Waals surface area contributed by atoms with Gasteiger partial charge >= 0.3 is 0 Å². The van der Waals surface area contributed by atoms with Crippen molar-refractivity contribution in [1.82, 2.24) is 9.97 Å². The van der Waals surface area contributed by atoms with Crippen molar-refractivity contribution in [2.24, 2.45) is 0 Å². The Bertz CT molecular complexity index is 596. The molecule has 0 aliphatic carbocycles. The third-order valence-corrected chi connectivity index (χ3v) is 3.37. The third-order valence-electron chi connectivity index (χ3n) is 2.49. The van der Waals surface area contributed by atoms with Crippen LogP contribution in [-0.2, 0) is 6.42 Å². The Morgan fingerprint density at radius 2 is 1.79 bits per heavy atom. The first-order chi connectivity index (χ1) is 9.02. The van der Waals surface area contributed by atoms with Gasteiger partial charge in [-0.3, -0.25) is 0 Å². The van der Waals surface area contributed by atoms with E-state index in [4.69, 9.17) is 34.8 Å². The van der Waals surface area contributed by atoms with Gasteiger partial charge in [0.1, 0.15) is 17.3 Å². The fraction of sp³-hybridized carbons (Fsp3) is 0.167. The van der Waals surface area contributed by atoms with E-state index in [0.29, 0.717) is 23.1 Å². The molecule has 0 saturated heterocycles. The average molecular weight is 321 g/mol. The molecule has 0 radical (unpaired) electrons. The molecule has 1 heterocycles. The highest BCUT2D eigenvalue weighted by Gasteiger charge is 2.11. The monoisotopic (exact) mass is 319 g/mol. The van der Waals surface area contributed by atoms with Crippen LogP contribution in [0.4, 0.5) is 15.9 Å². The standard InChI is InChI=1S/C12H9Cl3FN3/c1-2-7-11(15)17-5-18-12(7)19-6-3-8(13)10(16)9(14)4-6/h3-5H,2H2,1H3,(H,17,18,19). The average Bonchev–Trinajstić information content (AvgIpc) is 2.36. The Labute approximate surface area is 124 Å². The summed E-state index contributed by atoms with van der Waals surface area (Å²) in [5, 5.41) is 3.25. The number of benzene rings is 1. The van der Waals surface area contributed by atoms with Crippen molar-refractivity contribution in [1.29, 1.82) is 0 Å². The molecule has 0 unspecified atom stereocenters. The number of rotatable bonds is 3.